The molecule has 1 atom stereocenters. The normalized spacial score (nSPS) is 16.3. The van der Waals surface area contributed by atoms with Crippen molar-refractivity contribution >= 4 is 34.0 Å². The average Bonchev–Trinajstić information content (AvgIpc) is 3.33. The molecule has 0 bridgehead atoms. The Balaban J connectivity index is 1.43. The zero-order valence-corrected chi connectivity index (χ0v) is 23.8. The number of hydrogen-bond acceptors (Lipinski definition) is 5. The molecule has 2 aliphatic rings. The number of fused-ring (bicyclic) bond motifs is 8. The smallest absolute Gasteiger partial charge is 0.340 e. The van der Waals surface area contributed by atoms with Crippen molar-refractivity contribution in [3.63, 3.8) is 0 Å². The van der Waals surface area contributed by atoms with Gasteiger partial charge in [-0.15, -0.1) is 0 Å². The first-order valence-corrected chi connectivity index (χ1v) is 14.3. The molecule has 7 rings (SSSR count). The van der Waals surface area contributed by atoms with E-state index in [1.807, 2.05) is 97.1 Å². The zero-order chi connectivity index (χ0) is 29.0. The van der Waals surface area contributed by atoms with Crippen LogP contribution in [-0.2, 0) is 10.3 Å². The van der Waals surface area contributed by atoms with Crippen LogP contribution in [0.25, 0.3) is 10.8 Å². The third kappa shape index (κ3) is 3.72. The molecular formula is C36H30N2O4. The molecule has 6 heteroatoms. The van der Waals surface area contributed by atoms with Crippen molar-refractivity contribution in [1.29, 1.82) is 0 Å². The molecule has 6 nitrogen and oxygen atoms in total. The Hall–Kier alpha value is -5.10. The largest absolute Gasteiger partial charge is 0.456 e. The number of ether oxygens (including phenoxy) is 2. The van der Waals surface area contributed by atoms with Crippen LogP contribution in [0.5, 0.6) is 11.5 Å². The topological polar surface area (TPSA) is 59.1 Å². The van der Waals surface area contributed by atoms with Crippen LogP contribution in [-0.4, -0.2) is 32.0 Å². The molecule has 208 valence electrons. The molecule has 0 fully saturated rings. The molecule has 2 heterocycles. The van der Waals surface area contributed by atoms with Gasteiger partial charge in [0.15, 0.2) is 5.60 Å². The second kappa shape index (κ2) is 9.77. The SMILES string of the molecule is CCN(CC)c1ccc2c(c1)Oc1ccc3cc(N(C)C(=O)c4ccccc4)ccc3c1C21OC(=O)c2ccccc21. The Bertz CT molecular complexity index is 1880. The minimum absolute atomic E-state index is 0.0932. The summed E-state index contributed by atoms with van der Waals surface area (Å²) >= 11 is 0. The van der Waals surface area contributed by atoms with Gasteiger partial charge in [0, 0.05) is 54.3 Å². The highest BCUT2D eigenvalue weighted by atomic mass is 16.6. The minimum Gasteiger partial charge on any atom is -0.456 e. The van der Waals surface area contributed by atoms with Crippen LogP contribution in [0.2, 0.25) is 0 Å². The lowest BCUT2D eigenvalue weighted by Crippen LogP contribution is -2.33. The van der Waals surface area contributed by atoms with Gasteiger partial charge < -0.3 is 19.3 Å². The highest BCUT2D eigenvalue weighted by Gasteiger charge is 2.54. The number of hydrogen-bond donors (Lipinski definition) is 0. The van der Waals surface area contributed by atoms with Gasteiger partial charge >= 0.3 is 5.97 Å². The van der Waals surface area contributed by atoms with E-state index in [2.05, 4.69) is 24.8 Å². The Morgan fingerprint density at radius 3 is 2.29 bits per heavy atom. The predicted octanol–water partition coefficient (Wildman–Crippen LogP) is 7.53. The fraction of sp³-hybridized carbons (Fsp3) is 0.167. The summed E-state index contributed by atoms with van der Waals surface area (Å²) in [6.07, 6.45) is 0. The second-order valence-electron chi connectivity index (χ2n) is 10.6. The van der Waals surface area contributed by atoms with E-state index in [4.69, 9.17) is 9.47 Å². The van der Waals surface area contributed by atoms with Crippen molar-refractivity contribution in [1.82, 2.24) is 0 Å². The maximum absolute atomic E-state index is 13.4. The first-order chi connectivity index (χ1) is 20.5. The van der Waals surface area contributed by atoms with E-state index in [-0.39, 0.29) is 11.9 Å². The molecule has 2 aliphatic heterocycles. The van der Waals surface area contributed by atoms with Crippen molar-refractivity contribution in [2.24, 2.45) is 0 Å². The molecule has 0 aliphatic carbocycles. The summed E-state index contributed by atoms with van der Waals surface area (Å²) in [5.41, 5.74) is 4.16. The second-order valence-corrected chi connectivity index (χ2v) is 10.6. The van der Waals surface area contributed by atoms with E-state index in [9.17, 15) is 9.59 Å². The van der Waals surface area contributed by atoms with Gasteiger partial charge in [0.05, 0.1) is 11.1 Å². The van der Waals surface area contributed by atoms with Gasteiger partial charge in [-0.1, -0.05) is 48.5 Å². The number of amides is 1. The van der Waals surface area contributed by atoms with Gasteiger partial charge in [-0.2, -0.15) is 0 Å². The monoisotopic (exact) mass is 554 g/mol. The van der Waals surface area contributed by atoms with Gasteiger partial charge in [0.1, 0.15) is 11.5 Å². The molecule has 0 N–H and O–H groups in total. The molecule has 5 aromatic carbocycles. The molecule has 0 radical (unpaired) electrons. The number of carbonyl (C=O) groups is 2. The molecule has 1 spiro atoms. The zero-order valence-electron chi connectivity index (χ0n) is 23.8. The quantitative estimate of drug-likeness (QED) is 0.210. The maximum atomic E-state index is 13.4. The molecule has 42 heavy (non-hydrogen) atoms. The maximum Gasteiger partial charge on any atom is 0.340 e. The molecule has 1 unspecified atom stereocenters. The number of anilines is 2. The lowest BCUT2D eigenvalue weighted by atomic mass is 9.76. The number of rotatable bonds is 5. The Morgan fingerprint density at radius 2 is 1.50 bits per heavy atom. The average molecular weight is 555 g/mol. The van der Waals surface area contributed by atoms with Crippen LogP contribution in [0.4, 0.5) is 11.4 Å². The van der Waals surface area contributed by atoms with Gasteiger partial charge in [-0.25, -0.2) is 4.79 Å². The molecule has 0 saturated heterocycles. The van der Waals surface area contributed by atoms with Crippen LogP contribution in [0.1, 0.15) is 51.3 Å². The molecule has 1 amide bonds. The summed E-state index contributed by atoms with van der Waals surface area (Å²) in [5, 5.41) is 1.80. The van der Waals surface area contributed by atoms with E-state index in [0.29, 0.717) is 22.6 Å². The van der Waals surface area contributed by atoms with Crippen LogP contribution in [0, 0.1) is 0 Å². The first-order valence-electron chi connectivity index (χ1n) is 14.3. The van der Waals surface area contributed by atoms with E-state index < -0.39 is 5.60 Å². The van der Waals surface area contributed by atoms with E-state index in [1.54, 1.807) is 11.9 Å². The molecular weight excluding hydrogens is 524 g/mol. The lowest BCUT2D eigenvalue weighted by Gasteiger charge is -2.38. The van der Waals surface area contributed by atoms with Gasteiger partial charge in [-0.3, -0.25) is 4.79 Å². The standard InChI is InChI=1S/C36H30N2O4/c1-4-38(5-2)26-17-19-30-32(22-26)41-31-20-15-24-21-25(37(3)34(39)23-11-7-6-8-12-23)16-18-27(24)33(31)36(30)29-14-10-9-13-28(29)35(40)42-36/h6-22H,4-5H2,1-3H3. The Kier molecular flexibility index (Phi) is 6.01. The van der Waals surface area contributed by atoms with Crippen LogP contribution < -0.4 is 14.5 Å². The minimum atomic E-state index is -1.18. The van der Waals surface area contributed by atoms with Crippen molar-refractivity contribution < 1.29 is 19.1 Å². The van der Waals surface area contributed by atoms with Crippen molar-refractivity contribution in [3.8, 4) is 11.5 Å². The summed E-state index contributed by atoms with van der Waals surface area (Å²) in [7, 11) is 1.78. The number of esters is 1. The highest BCUT2D eigenvalue weighted by molar-refractivity contribution is 6.07. The van der Waals surface area contributed by atoms with Crippen molar-refractivity contribution in [3.05, 3.63) is 131 Å². The Labute approximate surface area is 244 Å². The van der Waals surface area contributed by atoms with E-state index >= 15 is 0 Å². The third-order valence-electron chi connectivity index (χ3n) is 8.49. The number of carbonyl (C=O) groups excluding carboxylic acids is 2. The van der Waals surface area contributed by atoms with Gasteiger partial charge in [0.25, 0.3) is 5.91 Å². The molecule has 5 aromatic rings. The van der Waals surface area contributed by atoms with E-state index in [1.165, 1.54) is 0 Å². The predicted molar refractivity (Wildman–Crippen MR) is 165 cm³/mol. The van der Waals surface area contributed by atoms with Crippen LogP contribution in [0.3, 0.4) is 0 Å². The van der Waals surface area contributed by atoms with Gasteiger partial charge in [-0.05, 0) is 73.2 Å². The summed E-state index contributed by atoms with van der Waals surface area (Å²) in [6.45, 7) is 5.98. The number of benzene rings is 5. The molecule has 0 saturated carbocycles. The summed E-state index contributed by atoms with van der Waals surface area (Å²) in [4.78, 5) is 30.5. The van der Waals surface area contributed by atoms with E-state index in [0.717, 1.165) is 51.9 Å². The highest BCUT2D eigenvalue weighted by Crippen LogP contribution is 2.58. The first kappa shape index (κ1) is 25.8. The van der Waals surface area contributed by atoms with Crippen molar-refractivity contribution in [2.45, 2.75) is 19.4 Å². The summed E-state index contributed by atoms with van der Waals surface area (Å²) in [6, 6.07) is 32.8. The fourth-order valence-electron chi connectivity index (χ4n) is 6.37. The fourth-order valence-corrected chi connectivity index (χ4v) is 6.37. The Morgan fingerprint density at radius 1 is 0.762 bits per heavy atom. The lowest BCUT2D eigenvalue weighted by molar-refractivity contribution is 0.0229. The van der Waals surface area contributed by atoms with Crippen LogP contribution >= 0.6 is 0 Å². The summed E-state index contributed by atoms with van der Waals surface area (Å²) in [5.74, 6) is 0.849. The molecule has 0 aromatic heterocycles. The number of nitrogens with zero attached hydrogens (tertiary/aromatic N) is 2. The van der Waals surface area contributed by atoms with Gasteiger partial charge in [0.2, 0.25) is 0 Å². The van der Waals surface area contributed by atoms with Crippen LogP contribution in [0.15, 0.2) is 103 Å². The third-order valence-corrected chi connectivity index (χ3v) is 8.49. The summed E-state index contributed by atoms with van der Waals surface area (Å²) < 4.78 is 13.0. The van der Waals surface area contributed by atoms with Crippen molar-refractivity contribution in [2.75, 3.05) is 29.9 Å².